The molecule has 0 amide bonds. The SMILES string of the molecule is CCCCCCSCC(CCCCCC)OC(=O)CCCCC(=O)CCCCC(=O)OC(CCCCCC)CSCCCCCC. The Morgan fingerprint density at radius 3 is 1.15 bits per heavy atom. The van der Waals surface area contributed by atoms with Crippen molar-refractivity contribution >= 4 is 41.2 Å². The number of ether oxygens (including phenoxy) is 2. The Kier molecular flexibility index (Phi) is 35.1. The first-order valence-electron chi connectivity index (χ1n) is 19.5. The molecule has 0 aliphatic rings. The number of esters is 2. The van der Waals surface area contributed by atoms with Gasteiger partial charge < -0.3 is 9.47 Å². The Bertz CT molecular complexity index is 646. The van der Waals surface area contributed by atoms with Crippen LogP contribution in [0.2, 0.25) is 0 Å². The number of rotatable bonds is 36. The van der Waals surface area contributed by atoms with Gasteiger partial charge in [-0.15, -0.1) is 0 Å². The Balaban J connectivity index is 4.20. The molecule has 0 aromatic heterocycles. The van der Waals surface area contributed by atoms with Crippen LogP contribution in [0, 0.1) is 0 Å². The van der Waals surface area contributed by atoms with Crippen LogP contribution >= 0.6 is 23.5 Å². The molecule has 0 N–H and O–H groups in total. The molecule has 46 heavy (non-hydrogen) atoms. The van der Waals surface area contributed by atoms with Crippen LogP contribution in [0.1, 0.15) is 195 Å². The van der Waals surface area contributed by atoms with Crippen molar-refractivity contribution in [2.45, 2.75) is 207 Å². The van der Waals surface area contributed by atoms with Gasteiger partial charge in [-0.1, -0.05) is 105 Å². The number of Topliss-reactive ketones (excluding diaryl/α,β-unsaturated/α-hetero) is 1. The monoisotopic (exact) mass is 686 g/mol. The normalized spacial score (nSPS) is 12.6. The van der Waals surface area contributed by atoms with E-state index in [1.807, 2.05) is 23.5 Å². The minimum Gasteiger partial charge on any atom is -0.461 e. The number of ketones is 1. The molecule has 0 radical (unpaired) electrons. The zero-order chi connectivity index (χ0) is 33.9. The van der Waals surface area contributed by atoms with Crippen LogP contribution in [0.5, 0.6) is 0 Å². The molecule has 0 saturated heterocycles. The van der Waals surface area contributed by atoms with Crippen molar-refractivity contribution in [2.75, 3.05) is 23.0 Å². The molecule has 0 aromatic carbocycles. The largest absolute Gasteiger partial charge is 0.461 e. The minimum atomic E-state index is -0.114. The standard InChI is InChI=1S/C39H74O5S2/c1-5-9-13-17-27-36(33-45-31-23-15-11-7-3)43-38(41)29-21-19-25-35(40)26-20-22-30-39(42)44-37(28-18-14-10-6-2)34-46-32-24-16-12-8-4/h36-37H,5-34H2,1-4H3. The van der Waals surface area contributed by atoms with E-state index < -0.39 is 0 Å². The lowest BCUT2D eigenvalue weighted by molar-refractivity contribution is -0.149. The van der Waals surface area contributed by atoms with E-state index in [1.165, 1.54) is 89.9 Å². The molecule has 0 spiro atoms. The Morgan fingerprint density at radius 2 is 0.783 bits per heavy atom. The Labute approximate surface area is 294 Å². The van der Waals surface area contributed by atoms with Crippen molar-refractivity contribution in [2.24, 2.45) is 0 Å². The summed E-state index contributed by atoms with van der Waals surface area (Å²) in [6.45, 7) is 8.90. The van der Waals surface area contributed by atoms with E-state index in [1.54, 1.807) is 0 Å². The summed E-state index contributed by atoms with van der Waals surface area (Å²) in [5.74, 6) is 4.08. The van der Waals surface area contributed by atoms with E-state index in [-0.39, 0.29) is 29.9 Å². The van der Waals surface area contributed by atoms with Crippen LogP contribution in [-0.4, -0.2) is 52.9 Å². The number of thioether (sulfide) groups is 2. The van der Waals surface area contributed by atoms with E-state index in [4.69, 9.17) is 9.47 Å². The molecule has 0 saturated carbocycles. The molecule has 0 aromatic rings. The van der Waals surface area contributed by atoms with E-state index >= 15 is 0 Å². The summed E-state index contributed by atoms with van der Waals surface area (Å²) >= 11 is 3.84. The lowest BCUT2D eigenvalue weighted by atomic mass is 10.1. The zero-order valence-corrected chi connectivity index (χ0v) is 32.4. The van der Waals surface area contributed by atoms with Crippen molar-refractivity contribution in [1.29, 1.82) is 0 Å². The third kappa shape index (κ3) is 31.9. The van der Waals surface area contributed by atoms with Gasteiger partial charge >= 0.3 is 11.9 Å². The summed E-state index contributed by atoms with van der Waals surface area (Å²) in [5, 5.41) is 0. The molecular weight excluding hydrogens is 613 g/mol. The van der Waals surface area contributed by atoms with E-state index in [9.17, 15) is 14.4 Å². The lowest BCUT2D eigenvalue weighted by Crippen LogP contribution is -2.21. The van der Waals surface area contributed by atoms with E-state index in [0.717, 1.165) is 61.5 Å². The first-order chi connectivity index (χ1) is 22.5. The van der Waals surface area contributed by atoms with Crippen LogP contribution in [0.15, 0.2) is 0 Å². The highest BCUT2D eigenvalue weighted by Gasteiger charge is 2.16. The number of carbonyl (C=O) groups is 3. The van der Waals surface area contributed by atoms with Gasteiger partial charge in [0.1, 0.15) is 18.0 Å². The van der Waals surface area contributed by atoms with Crippen molar-refractivity contribution < 1.29 is 23.9 Å². The maximum atomic E-state index is 12.5. The summed E-state index contributed by atoms with van der Waals surface area (Å²) in [6.07, 6.45) is 26.2. The molecule has 2 unspecified atom stereocenters. The minimum absolute atomic E-state index is 0.0134. The van der Waals surface area contributed by atoms with E-state index in [0.29, 0.717) is 38.5 Å². The molecule has 0 aliphatic carbocycles. The highest BCUT2D eigenvalue weighted by atomic mass is 32.2. The van der Waals surface area contributed by atoms with Gasteiger partial charge in [0.15, 0.2) is 0 Å². The van der Waals surface area contributed by atoms with Gasteiger partial charge in [0.2, 0.25) is 0 Å². The number of unbranched alkanes of at least 4 members (excludes halogenated alkanes) is 14. The van der Waals surface area contributed by atoms with Gasteiger partial charge in [0, 0.05) is 37.2 Å². The molecular formula is C39H74O5S2. The highest BCUT2D eigenvalue weighted by Crippen LogP contribution is 2.19. The lowest BCUT2D eigenvalue weighted by Gasteiger charge is -2.18. The van der Waals surface area contributed by atoms with Crippen molar-refractivity contribution in [3.63, 3.8) is 0 Å². The van der Waals surface area contributed by atoms with Gasteiger partial charge in [0.05, 0.1) is 0 Å². The number of hydrogen-bond acceptors (Lipinski definition) is 7. The predicted octanol–water partition coefficient (Wildman–Crippen LogP) is 12.1. The average Bonchev–Trinajstić information content (AvgIpc) is 3.04. The van der Waals surface area contributed by atoms with Gasteiger partial charge in [-0.05, 0) is 75.7 Å². The second kappa shape index (κ2) is 35.6. The second-order valence-corrected chi connectivity index (χ2v) is 15.4. The van der Waals surface area contributed by atoms with Gasteiger partial charge in [-0.25, -0.2) is 0 Å². The van der Waals surface area contributed by atoms with Gasteiger partial charge in [0.25, 0.3) is 0 Å². The van der Waals surface area contributed by atoms with Crippen molar-refractivity contribution in [3.8, 4) is 0 Å². The van der Waals surface area contributed by atoms with Crippen molar-refractivity contribution in [3.05, 3.63) is 0 Å². The van der Waals surface area contributed by atoms with Crippen LogP contribution in [-0.2, 0) is 23.9 Å². The molecule has 5 nitrogen and oxygen atoms in total. The Morgan fingerprint density at radius 1 is 0.435 bits per heavy atom. The van der Waals surface area contributed by atoms with Gasteiger partial charge in [-0.2, -0.15) is 23.5 Å². The molecule has 0 rings (SSSR count). The average molecular weight is 687 g/mol. The summed E-state index contributed by atoms with van der Waals surface area (Å²) in [6, 6.07) is 0. The third-order valence-corrected chi connectivity index (χ3v) is 10.8. The summed E-state index contributed by atoms with van der Waals surface area (Å²) < 4.78 is 11.8. The molecule has 0 bridgehead atoms. The quantitative estimate of drug-likeness (QED) is 0.0480. The molecule has 272 valence electrons. The summed E-state index contributed by atoms with van der Waals surface area (Å²) in [7, 11) is 0. The predicted molar refractivity (Wildman–Crippen MR) is 202 cm³/mol. The van der Waals surface area contributed by atoms with Crippen molar-refractivity contribution in [1.82, 2.24) is 0 Å². The highest BCUT2D eigenvalue weighted by molar-refractivity contribution is 7.99. The second-order valence-electron chi connectivity index (χ2n) is 13.1. The molecule has 2 atom stereocenters. The molecule has 0 aliphatic heterocycles. The van der Waals surface area contributed by atoms with Gasteiger partial charge in [-0.3, -0.25) is 14.4 Å². The smallest absolute Gasteiger partial charge is 0.306 e. The fourth-order valence-electron chi connectivity index (χ4n) is 5.44. The Hall–Kier alpha value is -0.690. The molecule has 0 heterocycles. The van der Waals surface area contributed by atoms with Crippen LogP contribution in [0.3, 0.4) is 0 Å². The molecule has 0 fully saturated rings. The topological polar surface area (TPSA) is 69.7 Å². The maximum absolute atomic E-state index is 12.5. The maximum Gasteiger partial charge on any atom is 0.306 e. The third-order valence-electron chi connectivity index (χ3n) is 8.42. The number of carbonyl (C=O) groups excluding carboxylic acids is 3. The number of hydrogen-bond donors (Lipinski definition) is 0. The zero-order valence-electron chi connectivity index (χ0n) is 30.7. The first kappa shape index (κ1) is 45.3. The summed E-state index contributed by atoms with van der Waals surface area (Å²) in [4.78, 5) is 37.5. The fraction of sp³-hybridized carbons (Fsp3) is 0.923. The van der Waals surface area contributed by atoms with Crippen LogP contribution in [0.4, 0.5) is 0 Å². The summed E-state index contributed by atoms with van der Waals surface area (Å²) in [5.41, 5.74) is 0. The van der Waals surface area contributed by atoms with Crippen LogP contribution < -0.4 is 0 Å². The first-order valence-corrected chi connectivity index (χ1v) is 21.8. The van der Waals surface area contributed by atoms with E-state index in [2.05, 4.69) is 27.7 Å². The molecule has 7 heteroatoms. The van der Waals surface area contributed by atoms with Crippen LogP contribution in [0.25, 0.3) is 0 Å². The fourth-order valence-corrected chi connectivity index (χ4v) is 7.58.